The molecule has 0 atom stereocenters. The summed E-state index contributed by atoms with van der Waals surface area (Å²) >= 11 is 0. The first-order valence-electron chi connectivity index (χ1n) is 8.72. The molecule has 0 unspecified atom stereocenters. The van der Waals surface area contributed by atoms with Crippen molar-refractivity contribution in [1.82, 2.24) is 4.90 Å². The minimum atomic E-state index is 0.264. The van der Waals surface area contributed by atoms with Gasteiger partial charge in [-0.15, -0.1) is 0 Å². The summed E-state index contributed by atoms with van der Waals surface area (Å²) in [5, 5.41) is 0. The van der Waals surface area contributed by atoms with Gasteiger partial charge in [0.15, 0.2) is 11.5 Å². The third-order valence-corrected chi connectivity index (χ3v) is 4.19. The highest BCUT2D eigenvalue weighted by Gasteiger charge is 2.19. The van der Waals surface area contributed by atoms with Gasteiger partial charge in [-0.3, -0.25) is 4.79 Å². The molecule has 2 rings (SSSR count). The molecule has 1 aliphatic heterocycles. The highest BCUT2D eigenvalue weighted by Crippen LogP contribution is 2.36. The van der Waals surface area contributed by atoms with Crippen LogP contribution < -0.4 is 9.47 Å². The molecule has 0 spiro atoms. The SMILES string of the molecule is CCCN(CCC)C(=O)CC[C](CC)c1ccc2c(c1)OCO2. The molecule has 0 saturated heterocycles. The molecular formula is C19H28NO3. The smallest absolute Gasteiger partial charge is 0.231 e. The Hall–Kier alpha value is -1.71. The number of carbonyl (C=O) groups excluding carboxylic acids is 1. The van der Waals surface area contributed by atoms with Crippen LogP contribution in [0.2, 0.25) is 0 Å². The summed E-state index contributed by atoms with van der Waals surface area (Å²) in [5.41, 5.74) is 1.15. The molecule has 0 aromatic heterocycles. The Bertz CT molecular complexity index is 509. The van der Waals surface area contributed by atoms with Crippen LogP contribution in [0.1, 0.15) is 58.4 Å². The first-order valence-corrected chi connectivity index (χ1v) is 8.72. The van der Waals surface area contributed by atoms with E-state index in [1.165, 1.54) is 5.92 Å². The van der Waals surface area contributed by atoms with Gasteiger partial charge in [-0.1, -0.05) is 26.8 Å². The van der Waals surface area contributed by atoms with Crippen LogP contribution in [0.4, 0.5) is 0 Å². The van der Waals surface area contributed by atoms with E-state index in [0.29, 0.717) is 13.2 Å². The zero-order valence-electron chi connectivity index (χ0n) is 14.6. The van der Waals surface area contributed by atoms with Gasteiger partial charge in [0.1, 0.15) is 0 Å². The van der Waals surface area contributed by atoms with Crippen LogP contribution in [0, 0.1) is 5.92 Å². The highest BCUT2D eigenvalue weighted by atomic mass is 16.7. The lowest BCUT2D eigenvalue weighted by molar-refractivity contribution is -0.131. The van der Waals surface area contributed by atoms with Crippen molar-refractivity contribution < 1.29 is 14.3 Å². The topological polar surface area (TPSA) is 38.8 Å². The van der Waals surface area contributed by atoms with Crippen molar-refractivity contribution in [3.8, 4) is 11.5 Å². The van der Waals surface area contributed by atoms with Gasteiger partial charge in [0.05, 0.1) is 0 Å². The number of ether oxygens (including phenoxy) is 2. The predicted molar refractivity (Wildman–Crippen MR) is 91.6 cm³/mol. The van der Waals surface area contributed by atoms with E-state index >= 15 is 0 Å². The van der Waals surface area contributed by atoms with Gasteiger partial charge in [0.2, 0.25) is 12.7 Å². The molecule has 1 aliphatic rings. The highest BCUT2D eigenvalue weighted by molar-refractivity contribution is 5.76. The van der Waals surface area contributed by atoms with E-state index < -0.39 is 0 Å². The molecule has 0 saturated carbocycles. The lowest BCUT2D eigenvalue weighted by Gasteiger charge is -2.23. The largest absolute Gasteiger partial charge is 0.454 e. The van der Waals surface area contributed by atoms with Crippen LogP contribution in [0.5, 0.6) is 11.5 Å². The number of rotatable bonds is 9. The summed E-state index contributed by atoms with van der Waals surface area (Å²) in [7, 11) is 0. The van der Waals surface area contributed by atoms with Crippen molar-refractivity contribution in [1.29, 1.82) is 0 Å². The van der Waals surface area contributed by atoms with Crippen LogP contribution in [-0.4, -0.2) is 30.7 Å². The van der Waals surface area contributed by atoms with E-state index in [0.717, 1.165) is 55.8 Å². The van der Waals surface area contributed by atoms with Crippen LogP contribution in [0.25, 0.3) is 0 Å². The quantitative estimate of drug-likeness (QED) is 0.686. The molecule has 127 valence electrons. The molecule has 4 nitrogen and oxygen atoms in total. The zero-order chi connectivity index (χ0) is 16.7. The summed E-state index contributed by atoms with van der Waals surface area (Å²) < 4.78 is 10.8. The number of carbonyl (C=O) groups is 1. The molecule has 23 heavy (non-hydrogen) atoms. The van der Waals surface area contributed by atoms with Gasteiger partial charge in [-0.2, -0.15) is 0 Å². The molecule has 1 radical (unpaired) electrons. The van der Waals surface area contributed by atoms with Crippen molar-refractivity contribution in [3.05, 3.63) is 29.7 Å². The van der Waals surface area contributed by atoms with Crippen molar-refractivity contribution in [2.45, 2.75) is 52.9 Å². The molecule has 1 amide bonds. The Morgan fingerprint density at radius 1 is 1.04 bits per heavy atom. The number of hydrogen-bond acceptors (Lipinski definition) is 3. The summed E-state index contributed by atoms with van der Waals surface area (Å²) in [6, 6.07) is 6.05. The van der Waals surface area contributed by atoms with Crippen molar-refractivity contribution >= 4 is 5.91 Å². The normalized spacial score (nSPS) is 12.7. The first kappa shape index (κ1) is 17.6. The summed E-state index contributed by atoms with van der Waals surface area (Å²) in [5.74, 6) is 3.17. The van der Waals surface area contributed by atoms with Crippen molar-refractivity contribution in [2.75, 3.05) is 19.9 Å². The Kier molecular flexibility index (Phi) is 6.75. The van der Waals surface area contributed by atoms with Crippen molar-refractivity contribution in [3.63, 3.8) is 0 Å². The first-order chi connectivity index (χ1) is 11.2. The summed E-state index contributed by atoms with van der Waals surface area (Å²) in [6.45, 7) is 8.39. The Labute approximate surface area is 139 Å². The standard InChI is InChI=1S/C19H28NO3/c1-4-11-20(12-5-2)19(21)10-8-15(6-3)16-7-9-17-18(13-16)23-14-22-17/h7,9,13H,4-6,8,10-12,14H2,1-3H3. The maximum absolute atomic E-state index is 12.4. The van der Waals surface area contributed by atoms with Gasteiger partial charge in [-0.25, -0.2) is 0 Å². The molecule has 1 aromatic carbocycles. The lowest BCUT2D eigenvalue weighted by atomic mass is 9.91. The van der Waals surface area contributed by atoms with E-state index in [1.807, 2.05) is 17.0 Å². The average Bonchev–Trinajstić information content (AvgIpc) is 3.02. The zero-order valence-corrected chi connectivity index (χ0v) is 14.6. The van der Waals surface area contributed by atoms with Gasteiger partial charge >= 0.3 is 0 Å². The van der Waals surface area contributed by atoms with Gasteiger partial charge in [0, 0.05) is 25.4 Å². The number of amides is 1. The summed E-state index contributed by atoms with van der Waals surface area (Å²) in [6.07, 6.45) is 4.35. The average molecular weight is 318 g/mol. The minimum Gasteiger partial charge on any atom is -0.454 e. The second kappa shape index (κ2) is 8.80. The maximum atomic E-state index is 12.4. The lowest BCUT2D eigenvalue weighted by Crippen LogP contribution is -2.32. The maximum Gasteiger partial charge on any atom is 0.231 e. The number of fused-ring (bicyclic) bond motifs is 1. The minimum absolute atomic E-state index is 0.264. The third kappa shape index (κ3) is 4.63. The summed E-state index contributed by atoms with van der Waals surface area (Å²) in [4.78, 5) is 14.4. The number of hydrogen-bond donors (Lipinski definition) is 0. The van der Waals surface area contributed by atoms with E-state index in [4.69, 9.17) is 9.47 Å². The van der Waals surface area contributed by atoms with Crippen LogP contribution in [-0.2, 0) is 4.79 Å². The molecule has 0 fully saturated rings. The Morgan fingerprint density at radius 3 is 2.39 bits per heavy atom. The fourth-order valence-corrected chi connectivity index (χ4v) is 2.96. The fourth-order valence-electron chi connectivity index (χ4n) is 2.96. The number of benzene rings is 1. The van der Waals surface area contributed by atoms with E-state index in [-0.39, 0.29) is 5.91 Å². The van der Waals surface area contributed by atoms with Crippen LogP contribution in [0.15, 0.2) is 18.2 Å². The second-order valence-electron chi connectivity index (χ2n) is 5.91. The predicted octanol–water partition coefficient (Wildman–Crippen LogP) is 4.18. The van der Waals surface area contributed by atoms with Crippen LogP contribution >= 0.6 is 0 Å². The second-order valence-corrected chi connectivity index (χ2v) is 5.91. The molecule has 4 heteroatoms. The fraction of sp³-hybridized carbons (Fsp3) is 0.579. The van der Waals surface area contributed by atoms with Gasteiger partial charge < -0.3 is 14.4 Å². The Balaban J connectivity index is 1.95. The van der Waals surface area contributed by atoms with E-state index in [2.05, 4.69) is 26.8 Å². The molecule has 1 aromatic rings. The molecule has 1 heterocycles. The van der Waals surface area contributed by atoms with Gasteiger partial charge in [-0.05, 0) is 43.4 Å². The van der Waals surface area contributed by atoms with E-state index in [1.54, 1.807) is 0 Å². The number of nitrogens with zero attached hydrogens (tertiary/aromatic N) is 1. The van der Waals surface area contributed by atoms with Crippen LogP contribution in [0.3, 0.4) is 0 Å². The van der Waals surface area contributed by atoms with E-state index in [9.17, 15) is 4.79 Å². The third-order valence-electron chi connectivity index (χ3n) is 4.19. The molecule has 0 bridgehead atoms. The van der Waals surface area contributed by atoms with Gasteiger partial charge in [0.25, 0.3) is 0 Å². The molecular weight excluding hydrogens is 290 g/mol. The Morgan fingerprint density at radius 2 is 1.74 bits per heavy atom. The van der Waals surface area contributed by atoms with Crippen molar-refractivity contribution in [2.24, 2.45) is 0 Å². The molecule has 0 N–H and O–H groups in total. The monoisotopic (exact) mass is 318 g/mol. The molecule has 0 aliphatic carbocycles.